The topological polar surface area (TPSA) is 54.4 Å². The number of hydrogen-bond donors (Lipinski definition) is 1. The SMILES string of the molecule is COC1CCN(C(COCC(C)C)CN2c3ccccc3OCC2c2ccc(O)cc2)C1. The second-order valence-electron chi connectivity index (χ2n) is 9.26. The van der Waals surface area contributed by atoms with E-state index in [2.05, 4.69) is 35.8 Å². The molecule has 3 unspecified atom stereocenters. The van der Waals surface area contributed by atoms with Crippen LogP contribution in [0.25, 0.3) is 0 Å². The molecule has 0 saturated carbocycles. The number of nitrogens with zero attached hydrogens (tertiary/aromatic N) is 2. The zero-order valence-electron chi connectivity index (χ0n) is 19.4. The molecular weight excluding hydrogens is 404 g/mol. The third-order valence-electron chi connectivity index (χ3n) is 6.42. The molecule has 2 heterocycles. The third-order valence-corrected chi connectivity index (χ3v) is 6.42. The average molecular weight is 441 g/mol. The number of hydrogen-bond acceptors (Lipinski definition) is 6. The van der Waals surface area contributed by atoms with Gasteiger partial charge in [-0.3, -0.25) is 4.90 Å². The molecule has 3 atom stereocenters. The smallest absolute Gasteiger partial charge is 0.142 e. The molecule has 4 rings (SSSR count). The van der Waals surface area contributed by atoms with Gasteiger partial charge in [-0.1, -0.05) is 38.1 Å². The summed E-state index contributed by atoms with van der Waals surface area (Å²) in [5.74, 6) is 1.70. The lowest BCUT2D eigenvalue weighted by molar-refractivity contribution is 0.0454. The molecule has 2 aliphatic rings. The molecule has 2 aliphatic heterocycles. The second kappa shape index (κ2) is 10.6. The zero-order chi connectivity index (χ0) is 22.5. The quantitative estimate of drug-likeness (QED) is 0.634. The fraction of sp³-hybridized carbons (Fsp3) is 0.538. The molecule has 1 N–H and O–H groups in total. The normalized spacial score (nSPS) is 22.1. The van der Waals surface area contributed by atoms with Crippen LogP contribution in [0, 0.1) is 5.92 Å². The van der Waals surface area contributed by atoms with Gasteiger partial charge < -0.3 is 24.2 Å². The van der Waals surface area contributed by atoms with E-state index < -0.39 is 0 Å². The van der Waals surface area contributed by atoms with Crippen molar-refractivity contribution in [3.8, 4) is 11.5 Å². The standard InChI is InChI=1S/C26H36N2O4/c1-19(2)16-31-17-21(27-13-12-23(15-27)30-3)14-28-24-6-4-5-7-26(24)32-18-25(28)20-8-10-22(29)11-9-20/h4-11,19,21,23,25,29H,12-18H2,1-3H3. The lowest BCUT2D eigenvalue weighted by Gasteiger charge is -2.42. The maximum atomic E-state index is 9.78. The fourth-order valence-electron chi connectivity index (χ4n) is 4.66. The van der Waals surface area contributed by atoms with Gasteiger partial charge in [0, 0.05) is 33.4 Å². The minimum Gasteiger partial charge on any atom is -0.508 e. The Balaban J connectivity index is 1.60. The van der Waals surface area contributed by atoms with E-state index in [0.29, 0.717) is 19.1 Å². The summed E-state index contributed by atoms with van der Waals surface area (Å²) in [6.07, 6.45) is 1.34. The van der Waals surface area contributed by atoms with Crippen molar-refractivity contribution in [3.05, 3.63) is 54.1 Å². The van der Waals surface area contributed by atoms with E-state index in [0.717, 1.165) is 49.7 Å². The summed E-state index contributed by atoms with van der Waals surface area (Å²) in [4.78, 5) is 4.97. The molecule has 2 aromatic carbocycles. The van der Waals surface area contributed by atoms with Crippen LogP contribution < -0.4 is 9.64 Å². The number of likely N-dealkylation sites (tertiary alicyclic amines) is 1. The van der Waals surface area contributed by atoms with Crippen LogP contribution in [-0.2, 0) is 9.47 Å². The minimum absolute atomic E-state index is 0.0684. The number of rotatable bonds is 9. The van der Waals surface area contributed by atoms with Gasteiger partial charge in [0.25, 0.3) is 0 Å². The van der Waals surface area contributed by atoms with Crippen molar-refractivity contribution < 1.29 is 19.3 Å². The van der Waals surface area contributed by atoms with Gasteiger partial charge in [-0.2, -0.15) is 0 Å². The van der Waals surface area contributed by atoms with Gasteiger partial charge in [-0.05, 0) is 42.2 Å². The molecular formula is C26H36N2O4. The number of ether oxygens (including phenoxy) is 3. The number of aromatic hydroxyl groups is 1. The average Bonchev–Trinajstić information content (AvgIpc) is 3.28. The molecule has 174 valence electrons. The Kier molecular flexibility index (Phi) is 7.55. The van der Waals surface area contributed by atoms with Crippen molar-refractivity contribution in [1.29, 1.82) is 0 Å². The van der Waals surface area contributed by atoms with Crippen LogP contribution in [0.15, 0.2) is 48.5 Å². The van der Waals surface area contributed by atoms with E-state index in [-0.39, 0.29) is 23.9 Å². The van der Waals surface area contributed by atoms with Crippen molar-refractivity contribution in [2.45, 2.75) is 38.5 Å². The predicted octanol–water partition coefficient (Wildman–Crippen LogP) is 4.09. The summed E-state index contributed by atoms with van der Waals surface area (Å²) in [5.41, 5.74) is 2.24. The number of para-hydroxylation sites is 2. The summed E-state index contributed by atoms with van der Waals surface area (Å²) in [7, 11) is 1.80. The van der Waals surface area contributed by atoms with Crippen molar-refractivity contribution in [2.24, 2.45) is 5.92 Å². The van der Waals surface area contributed by atoms with E-state index in [4.69, 9.17) is 14.2 Å². The molecule has 0 radical (unpaired) electrons. The Labute approximate surface area is 191 Å². The van der Waals surface area contributed by atoms with Crippen LogP contribution in [0.4, 0.5) is 5.69 Å². The van der Waals surface area contributed by atoms with E-state index >= 15 is 0 Å². The molecule has 32 heavy (non-hydrogen) atoms. The third kappa shape index (κ3) is 5.37. The number of benzene rings is 2. The van der Waals surface area contributed by atoms with Gasteiger partial charge in [0.1, 0.15) is 18.1 Å². The molecule has 0 aromatic heterocycles. The number of phenols is 1. The lowest BCUT2D eigenvalue weighted by atomic mass is 10.0. The van der Waals surface area contributed by atoms with Gasteiger partial charge in [-0.15, -0.1) is 0 Å². The highest BCUT2D eigenvalue weighted by Crippen LogP contribution is 2.40. The number of fused-ring (bicyclic) bond motifs is 1. The van der Waals surface area contributed by atoms with Crippen molar-refractivity contribution >= 4 is 5.69 Å². The monoisotopic (exact) mass is 440 g/mol. The van der Waals surface area contributed by atoms with Crippen LogP contribution >= 0.6 is 0 Å². The van der Waals surface area contributed by atoms with Crippen molar-refractivity contribution in [2.75, 3.05) is 51.5 Å². The highest BCUT2D eigenvalue weighted by Gasteiger charge is 2.34. The van der Waals surface area contributed by atoms with Crippen LogP contribution in [0.1, 0.15) is 31.9 Å². The Morgan fingerprint density at radius 1 is 1.09 bits per heavy atom. The van der Waals surface area contributed by atoms with E-state index in [9.17, 15) is 5.11 Å². The zero-order valence-corrected chi connectivity index (χ0v) is 19.4. The summed E-state index contributed by atoms with van der Waals surface area (Å²) in [6, 6.07) is 16.1. The number of methoxy groups -OCH3 is 1. The molecule has 6 heteroatoms. The summed E-state index contributed by atoms with van der Waals surface area (Å²) in [6.45, 7) is 9.18. The Hall–Kier alpha value is -2.28. The van der Waals surface area contributed by atoms with Crippen LogP contribution in [0.5, 0.6) is 11.5 Å². The summed E-state index contributed by atoms with van der Waals surface area (Å²) in [5, 5.41) is 9.78. The minimum atomic E-state index is 0.0684. The highest BCUT2D eigenvalue weighted by molar-refractivity contribution is 5.61. The predicted molar refractivity (Wildman–Crippen MR) is 127 cm³/mol. The Morgan fingerprint density at radius 2 is 1.88 bits per heavy atom. The first-order chi connectivity index (χ1) is 15.5. The number of anilines is 1. The lowest BCUT2D eigenvalue weighted by Crippen LogP contribution is -2.49. The first kappa shape index (κ1) is 22.9. The first-order valence-electron chi connectivity index (χ1n) is 11.7. The van der Waals surface area contributed by atoms with E-state index in [1.165, 1.54) is 0 Å². The molecule has 6 nitrogen and oxygen atoms in total. The van der Waals surface area contributed by atoms with Gasteiger partial charge >= 0.3 is 0 Å². The molecule has 0 aliphatic carbocycles. The van der Waals surface area contributed by atoms with E-state index in [1.54, 1.807) is 19.2 Å². The van der Waals surface area contributed by atoms with Crippen LogP contribution in [0.2, 0.25) is 0 Å². The largest absolute Gasteiger partial charge is 0.508 e. The molecule has 1 saturated heterocycles. The van der Waals surface area contributed by atoms with Crippen LogP contribution in [-0.4, -0.2) is 68.7 Å². The highest BCUT2D eigenvalue weighted by atomic mass is 16.5. The van der Waals surface area contributed by atoms with E-state index in [1.807, 2.05) is 24.3 Å². The number of phenolic OH excluding ortho intramolecular Hbond substituents is 1. The Morgan fingerprint density at radius 3 is 2.59 bits per heavy atom. The summed E-state index contributed by atoms with van der Waals surface area (Å²) < 4.78 is 17.9. The van der Waals surface area contributed by atoms with Gasteiger partial charge in [-0.25, -0.2) is 0 Å². The molecule has 2 aromatic rings. The van der Waals surface area contributed by atoms with Gasteiger partial charge in [0.15, 0.2) is 0 Å². The second-order valence-corrected chi connectivity index (χ2v) is 9.26. The van der Waals surface area contributed by atoms with Gasteiger partial charge in [0.2, 0.25) is 0 Å². The van der Waals surface area contributed by atoms with Crippen molar-refractivity contribution in [1.82, 2.24) is 4.90 Å². The maximum Gasteiger partial charge on any atom is 0.142 e. The Bertz CT molecular complexity index is 857. The maximum absolute atomic E-state index is 9.78. The molecule has 1 fully saturated rings. The molecule has 0 spiro atoms. The van der Waals surface area contributed by atoms with Crippen molar-refractivity contribution in [3.63, 3.8) is 0 Å². The first-order valence-corrected chi connectivity index (χ1v) is 11.7. The molecule has 0 amide bonds. The fourth-order valence-corrected chi connectivity index (χ4v) is 4.66. The van der Waals surface area contributed by atoms with Gasteiger partial charge in [0.05, 0.1) is 30.5 Å². The van der Waals surface area contributed by atoms with Crippen LogP contribution in [0.3, 0.4) is 0 Å². The molecule has 0 bridgehead atoms. The summed E-state index contributed by atoms with van der Waals surface area (Å²) >= 11 is 0.